The number of likely N-dealkylation sites (N-methyl/N-ethyl adjacent to an activating group) is 1. The third-order valence-corrected chi connectivity index (χ3v) is 5.02. The summed E-state index contributed by atoms with van der Waals surface area (Å²) in [4.78, 5) is 32.5. The second-order valence-electron chi connectivity index (χ2n) is 7.13. The molecule has 23 heavy (non-hydrogen) atoms. The zero-order valence-corrected chi connectivity index (χ0v) is 15.0. The van der Waals surface area contributed by atoms with Gasteiger partial charge in [-0.1, -0.05) is 0 Å². The van der Waals surface area contributed by atoms with Crippen LogP contribution in [-0.2, 0) is 9.59 Å². The number of carbonyl (C=O) groups is 2. The zero-order chi connectivity index (χ0) is 16.8. The van der Waals surface area contributed by atoms with E-state index < -0.39 is 0 Å². The predicted molar refractivity (Wildman–Crippen MR) is 91.2 cm³/mol. The van der Waals surface area contributed by atoms with Crippen molar-refractivity contribution >= 4 is 11.8 Å². The standard InChI is InChI=1S/C17H32N4O2/c1-15-7-4-5-10-21(15)17(23)14-20-9-6-8-19(11-12-20)13-16(22)18(2)3/h15H,4-14H2,1-3H3. The van der Waals surface area contributed by atoms with Gasteiger partial charge in [0.2, 0.25) is 11.8 Å². The quantitative estimate of drug-likeness (QED) is 0.755. The van der Waals surface area contributed by atoms with E-state index in [1.807, 2.05) is 0 Å². The highest BCUT2D eigenvalue weighted by Crippen LogP contribution is 2.17. The van der Waals surface area contributed by atoms with Gasteiger partial charge in [0, 0.05) is 39.8 Å². The highest BCUT2D eigenvalue weighted by Gasteiger charge is 2.25. The van der Waals surface area contributed by atoms with Gasteiger partial charge in [0.15, 0.2) is 0 Å². The van der Waals surface area contributed by atoms with Gasteiger partial charge in [0.1, 0.15) is 0 Å². The van der Waals surface area contributed by atoms with Crippen LogP contribution >= 0.6 is 0 Å². The normalized spacial score (nSPS) is 24.3. The Morgan fingerprint density at radius 3 is 2.17 bits per heavy atom. The average Bonchev–Trinajstić information content (AvgIpc) is 2.73. The molecule has 2 aliphatic rings. The molecule has 2 amide bonds. The molecule has 2 saturated heterocycles. The number of hydrogen-bond donors (Lipinski definition) is 0. The topological polar surface area (TPSA) is 47.1 Å². The van der Waals surface area contributed by atoms with Gasteiger partial charge in [-0.05, 0) is 45.7 Å². The Kier molecular flexibility index (Phi) is 6.84. The molecule has 0 aromatic rings. The maximum absolute atomic E-state index is 12.5. The van der Waals surface area contributed by atoms with Gasteiger partial charge in [0.05, 0.1) is 13.1 Å². The molecule has 0 radical (unpaired) electrons. The maximum Gasteiger partial charge on any atom is 0.236 e. The second-order valence-corrected chi connectivity index (χ2v) is 7.13. The van der Waals surface area contributed by atoms with Crippen molar-refractivity contribution in [1.82, 2.24) is 19.6 Å². The summed E-state index contributed by atoms with van der Waals surface area (Å²) in [5, 5.41) is 0. The van der Waals surface area contributed by atoms with Crippen LogP contribution < -0.4 is 0 Å². The van der Waals surface area contributed by atoms with E-state index in [4.69, 9.17) is 0 Å². The predicted octanol–water partition coefficient (Wildman–Crippen LogP) is 0.483. The van der Waals surface area contributed by atoms with Crippen molar-refractivity contribution < 1.29 is 9.59 Å². The van der Waals surface area contributed by atoms with E-state index in [0.29, 0.717) is 19.1 Å². The number of piperidine rings is 1. The summed E-state index contributed by atoms with van der Waals surface area (Å²) < 4.78 is 0. The third kappa shape index (κ3) is 5.46. The van der Waals surface area contributed by atoms with Gasteiger partial charge in [-0.2, -0.15) is 0 Å². The Bertz CT molecular complexity index is 413. The molecule has 2 aliphatic heterocycles. The molecule has 6 nitrogen and oxygen atoms in total. The van der Waals surface area contributed by atoms with E-state index in [-0.39, 0.29) is 11.8 Å². The van der Waals surface area contributed by atoms with Gasteiger partial charge < -0.3 is 9.80 Å². The van der Waals surface area contributed by atoms with Gasteiger partial charge in [-0.25, -0.2) is 0 Å². The van der Waals surface area contributed by atoms with Crippen molar-refractivity contribution in [2.24, 2.45) is 0 Å². The van der Waals surface area contributed by atoms with E-state index in [2.05, 4.69) is 21.6 Å². The van der Waals surface area contributed by atoms with E-state index in [1.165, 1.54) is 6.42 Å². The lowest BCUT2D eigenvalue weighted by molar-refractivity contribution is -0.135. The molecule has 2 fully saturated rings. The number of rotatable bonds is 4. The van der Waals surface area contributed by atoms with Crippen molar-refractivity contribution in [2.75, 3.05) is 59.9 Å². The molecular formula is C17H32N4O2. The van der Waals surface area contributed by atoms with Crippen molar-refractivity contribution in [1.29, 1.82) is 0 Å². The number of likely N-dealkylation sites (tertiary alicyclic amines) is 1. The van der Waals surface area contributed by atoms with E-state index >= 15 is 0 Å². The van der Waals surface area contributed by atoms with E-state index in [1.54, 1.807) is 19.0 Å². The van der Waals surface area contributed by atoms with E-state index in [9.17, 15) is 9.59 Å². The molecule has 0 aromatic heterocycles. The fourth-order valence-electron chi connectivity index (χ4n) is 3.42. The summed E-state index contributed by atoms with van der Waals surface area (Å²) >= 11 is 0. The minimum Gasteiger partial charge on any atom is -0.348 e. The largest absolute Gasteiger partial charge is 0.348 e. The lowest BCUT2D eigenvalue weighted by Gasteiger charge is -2.35. The molecular weight excluding hydrogens is 292 g/mol. The van der Waals surface area contributed by atoms with Crippen LogP contribution in [0.3, 0.4) is 0 Å². The number of carbonyl (C=O) groups excluding carboxylic acids is 2. The van der Waals surface area contributed by atoms with Crippen LogP contribution in [0.2, 0.25) is 0 Å². The molecule has 0 aromatic carbocycles. The molecule has 0 spiro atoms. The van der Waals surface area contributed by atoms with Gasteiger partial charge in [0.25, 0.3) is 0 Å². The van der Waals surface area contributed by atoms with Crippen molar-refractivity contribution in [3.63, 3.8) is 0 Å². The maximum atomic E-state index is 12.5. The first-order valence-electron chi connectivity index (χ1n) is 8.91. The van der Waals surface area contributed by atoms with Crippen LogP contribution in [0.1, 0.15) is 32.6 Å². The molecule has 0 saturated carbocycles. The molecule has 0 bridgehead atoms. The monoisotopic (exact) mass is 324 g/mol. The first kappa shape index (κ1) is 18.2. The Morgan fingerprint density at radius 1 is 0.913 bits per heavy atom. The Morgan fingerprint density at radius 2 is 1.57 bits per heavy atom. The molecule has 2 rings (SSSR count). The molecule has 1 atom stereocenters. The van der Waals surface area contributed by atoms with Crippen LogP contribution in [0.15, 0.2) is 0 Å². The molecule has 0 N–H and O–H groups in total. The first-order chi connectivity index (χ1) is 11.0. The van der Waals surface area contributed by atoms with Crippen LogP contribution in [0.4, 0.5) is 0 Å². The summed E-state index contributed by atoms with van der Waals surface area (Å²) in [6.45, 7) is 7.70. The smallest absolute Gasteiger partial charge is 0.236 e. The lowest BCUT2D eigenvalue weighted by atomic mass is 10.0. The lowest BCUT2D eigenvalue weighted by Crippen LogP contribution is -2.47. The summed E-state index contributed by atoms with van der Waals surface area (Å²) in [7, 11) is 3.59. The summed E-state index contributed by atoms with van der Waals surface area (Å²) in [6.07, 6.45) is 4.52. The summed E-state index contributed by atoms with van der Waals surface area (Å²) in [5.41, 5.74) is 0. The molecule has 0 aliphatic carbocycles. The average molecular weight is 324 g/mol. The minimum atomic E-state index is 0.150. The molecule has 132 valence electrons. The van der Waals surface area contributed by atoms with Crippen LogP contribution in [0.5, 0.6) is 0 Å². The highest BCUT2D eigenvalue weighted by molar-refractivity contribution is 5.79. The molecule has 6 heteroatoms. The Labute approximate surface area is 140 Å². The van der Waals surface area contributed by atoms with Crippen molar-refractivity contribution in [3.05, 3.63) is 0 Å². The van der Waals surface area contributed by atoms with Gasteiger partial charge in [-0.3, -0.25) is 19.4 Å². The molecule has 1 unspecified atom stereocenters. The third-order valence-electron chi connectivity index (χ3n) is 5.02. The fourth-order valence-corrected chi connectivity index (χ4v) is 3.42. The first-order valence-corrected chi connectivity index (χ1v) is 8.91. The Balaban J connectivity index is 1.79. The van der Waals surface area contributed by atoms with Crippen LogP contribution in [0, 0.1) is 0 Å². The Hall–Kier alpha value is -1.14. The second kappa shape index (κ2) is 8.64. The van der Waals surface area contributed by atoms with E-state index in [0.717, 1.165) is 52.0 Å². The summed E-state index contributed by atoms with van der Waals surface area (Å²) in [6, 6.07) is 0.387. The minimum absolute atomic E-state index is 0.150. The number of hydrogen-bond acceptors (Lipinski definition) is 4. The SMILES string of the molecule is CC1CCCCN1C(=O)CN1CCCN(CC(=O)N(C)C)CC1. The highest BCUT2D eigenvalue weighted by atomic mass is 16.2. The molecule has 2 heterocycles. The van der Waals surface area contributed by atoms with Crippen LogP contribution in [0.25, 0.3) is 0 Å². The van der Waals surface area contributed by atoms with Gasteiger partial charge >= 0.3 is 0 Å². The van der Waals surface area contributed by atoms with Gasteiger partial charge in [-0.15, -0.1) is 0 Å². The number of nitrogens with zero attached hydrogens (tertiary/aromatic N) is 4. The summed E-state index contributed by atoms with van der Waals surface area (Å²) in [5.74, 6) is 0.423. The zero-order valence-electron chi connectivity index (χ0n) is 15.0. The van der Waals surface area contributed by atoms with Crippen molar-refractivity contribution in [3.8, 4) is 0 Å². The number of amides is 2. The van der Waals surface area contributed by atoms with Crippen LogP contribution in [-0.4, -0.2) is 97.4 Å². The fraction of sp³-hybridized carbons (Fsp3) is 0.882. The van der Waals surface area contributed by atoms with Crippen molar-refractivity contribution in [2.45, 2.75) is 38.6 Å².